The Morgan fingerprint density at radius 2 is 2.08 bits per heavy atom. The fraction of sp³-hybridized carbons (Fsp3) is 0.125. The molecular formula is C8H5ClF2O2. The topological polar surface area (TPSA) is 37.3 Å². The van der Waals surface area contributed by atoms with Crippen LogP contribution >= 0.6 is 11.6 Å². The number of halogens is 3. The number of benzene rings is 1. The van der Waals surface area contributed by atoms with Gasteiger partial charge < -0.3 is 5.11 Å². The second-order valence-electron chi connectivity index (χ2n) is 2.31. The maximum atomic E-state index is 12.9. The lowest BCUT2D eigenvalue weighted by Gasteiger charge is -2.01. The number of Topliss-reactive ketones (excluding diaryl/α,β-unsaturated/α-hetero) is 1. The van der Waals surface area contributed by atoms with Crippen molar-refractivity contribution in [3.8, 4) is 5.75 Å². The van der Waals surface area contributed by atoms with E-state index in [1.54, 1.807) is 0 Å². The van der Waals surface area contributed by atoms with E-state index in [1.165, 1.54) is 0 Å². The largest absolute Gasteiger partial charge is 0.503 e. The number of aromatic hydroxyl groups is 1. The monoisotopic (exact) mass is 206 g/mol. The van der Waals surface area contributed by atoms with E-state index in [0.717, 1.165) is 12.1 Å². The predicted molar refractivity (Wildman–Crippen MR) is 43.1 cm³/mol. The Kier molecular flexibility index (Phi) is 2.83. The highest BCUT2D eigenvalue weighted by atomic mass is 35.5. The normalized spacial score (nSPS) is 10.1. The lowest BCUT2D eigenvalue weighted by Crippen LogP contribution is -2.04. The zero-order valence-electron chi connectivity index (χ0n) is 6.35. The van der Waals surface area contributed by atoms with Gasteiger partial charge in [-0.05, 0) is 12.1 Å². The minimum atomic E-state index is -1.27. The number of alkyl halides is 1. The summed E-state index contributed by atoms with van der Waals surface area (Å²) in [5.41, 5.74) is -0.408. The van der Waals surface area contributed by atoms with Gasteiger partial charge in [-0.2, -0.15) is 0 Å². The number of carbonyl (C=O) groups excluding carboxylic acids is 1. The number of hydrogen-bond acceptors (Lipinski definition) is 2. The predicted octanol–water partition coefficient (Wildman–Crippen LogP) is 2.09. The summed E-state index contributed by atoms with van der Waals surface area (Å²) >= 11 is 5.16. The van der Waals surface area contributed by atoms with Crippen molar-refractivity contribution in [3.63, 3.8) is 0 Å². The van der Waals surface area contributed by atoms with Crippen molar-refractivity contribution in [1.29, 1.82) is 0 Å². The molecule has 1 aromatic carbocycles. The summed E-state index contributed by atoms with van der Waals surface area (Å²) in [6, 6.07) is 1.74. The molecule has 1 rings (SSSR count). The molecule has 0 radical (unpaired) electrons. The number of phenolic OH excluding ortho intramolecular Hbond substituents is 1. The molecule has 13 heavy (non-hydrogen) atoms. The molecule has 0 aliphatic heterocycles. The standard InChI is InChI=1S/C8H5ClF2O2/c9-3-6(12)4-1-2-5(10)8(13)7(4)11/h1-2,13H,3H2. The Morgan fingerprint density at radius 1 is 1.46 bits per heavy atom. The van der Waals surface area contributed by atoms with E-state index in [2.05, 4.69) is 0 Å². The second-order valence-corrected chi connectivity index (χ2v) is 2.58. The van der Waals surface area contributed by atoms with Crippen molar-refractivity contribution in [2.24, 2.45) is 0 Å². The van der Waals surface area contributed by atoms with Crippen LogP contribution in [0.4, 0.5) is 8.78 Å². The Balaban J connectivity index is 3.26. The van der Waals surface area contributed by atoms with E-state index >= 15 is 0 Å². The Hall–Kier alpha value is -1.16. The van der Waals surface area contributed by atoms with Gasteiger partial charge in [0.1, 0.15) is 0 Å². The van der Waals surface area contributed by atoms with Crippen LogP contribution in [0.3, 0.4) is 0 Å². The lowest BCUT2D eigenvalue weighted by atomic mass is 10.1. The van der Waals surface area contributed by atoms with Crippen molar-refractivity contribution >= 4 is 17.4 Å². The van der Waals surface area contributed by atoms with Gasteiger partial charge >= 0.3 is 0 Å². The molecule has 0 heterocycles. The third-order valence-electron chi connectivity index (χ3n) is 1.49. The summed E-state index contributed by atoms with van der Waals surface area (Å²) in [5.74, 6) is -4.65. The zero-order chi connectivity index (χ0) is 10.0. The molecule has 0 saturated carbocycles. The molecule has 0 amide bonds. The second kappa shape index (κ2) is 3.70. The molecule has 0 bridgehead atoms. The first kappa shape index (κ1) is 9.92. The first-order valence-electron chi connectivity index (χ1n) is 3.34. The van der Waals surface area contributed by atoms with Crippen molar-refractivity contribution < 1.29 is 18.7 Å². The summed E-state index contributed by atoms with van der Waals surface area (Å²) < 4.78 is 25.4. The quantitative estimate of drug-likeness (QED) is 0.594. The molecule has 0 atom stereocenters. The van der Waals surface area contributed by atoms with Crippen molar-refractivity contribution in [1.82, 2.24) is 0 Å². The molecule has 0 fully saturated rings. The van der Waals surface area contributed by atoms with Gasteiger partial charge in [0.05, 0.1) is 11.4 Å². The number of phenols is 1. The number of ketones is 1. The molecule has 0 aromatic heterocycles. The number of carbonyl (C=O) groups is 1. The Morgan fingerprint density at radius 3 is 2.62 bits per heavy atom. The summed E-state index contributed by atoms with van der Waals surface area (Å²) in [5, 5.41) is 8.79. The highest BCUT2D eigenvalue weighted by molar-refractivity contribution is 6.30. The average Bonchev–Trinajstić information content (AvgIpc) is 2.13. The van der Waals surface area contributed by atoms with E-state index in [4.69, 9.17) is 16.7 Å². The third kappa shape index (κ3) is 1.78. The zero-order valence-corrected chi connectivity index (χ0v) is 7.11. The van der Waals surface area contributed by atoms with Gasteiger partial charge in [0.25, 0.3) is 0 Å². The summed E-state index contributed by atoms with van der Waals surface area (Å²) in [4.78, 5) is 10.9. The van der Waals surface area contributed by atoms with Crippen molar-refractivity contribution in [2.75, 3.05) is 5.88 Å². The van der Waals surface area contributed by atoms with E-state index in [0.29, 0.717) is 0 Å². The number of hydrogen-bond donors (Lipinski definition) is 1. The first-order valence-corrected chi connectivity index (χ1v) is 3.87. The van der Waals surface area contributed by atoms with Crippen LogP contribution in [0, 0.1) is 11.6 Å². The van der Waals surface area contributed by atoms with Crippen LogP contribution in [-0.4, -0.2) is 16.8 Å². The molecule has 2 nitrogen and oxygen atoms in total. The van der Waals surface area contributed by atoms with E-state index in [-0.39, 0.29) is 0 Å². The molecule has 0 aliphatic rings. The SMILES string of the molecule is O=C(CCl)c1ccc(F)c(O)c1F. The summed E-state index contributed by atoms with van der Waals surface area (Å²) in [6.45, 7) is 0. The first-order chi connectivity index (χ1) is 6.07. The molecule has 0 aliphatic carbocycles. The maximum absolute atomic E-state index is 12.9. The van der Waals surface area contributed by atoms with Crippen LogP contribution in [0.1, 0.15) is 10.4 Å². The van der Waals surface area contributed by atoms with Gasteiger partial charge in [-0.25, -0.2) is 8.78 Å². The minimum Gasteiger partial charge on any atom is -0.503 e. The van der Waals surface area contributed by atoms with Gasteiger partial charge in [-0.3, -0.25) is 4.79 Å². The molecule has 1 N–H and O–H groups in total. The fourth-order valence-electron chi connectivity index (χ4n) is 0.828. The molecule has 0 saturated heterocycles. The average molecular weight is 207 g/mol. The van der Waals surface area contributed by atoms with Crippen LogP contribution in [-0.2, 0) is 0 Å². The smallest absolute Gasteiger partial charge is 0.188 e. The summed E-state index contributed by atoms with van der Waals surface area (Å²) in [7, 11) is 0. The maximum Gasteiger partial charge on any atom is 0.188 e. The highest BCUT2D eigenvalue weighted by Crippen LogP contribution is 2.23. The van der Waals surface area contributed by atoms with Gasteiger partial charge in [0.2, 0.25) is 0 Å². The van der Waals surface area contributed by atoms with Crippen LogP contribution in [0.15, 0.2) is 12.1 Å². The van der Waals surface area contributed by atoms with Crippen molar-refractivity contribution in [2.45, 2.75) is 0 Å². The third-order valence-corrected chi connectivity index (χ3v) is 1.73. The molecule has 0 spiro atoms. The minimum absolute atomic E-state index is 0.408. The van der Waals surface area contributed by atoms with Crippen LogP contribution < -0.4 is 0 Å². The number of rotatable bonds is 2. The van der Waals surface area contributed by atoms with Crippen LogP contribution in [0.25, 0.3) is 0 Å². The summed E-state index contributed by atoms with van der Waals surface area (Å²) in [6.07, 6.45) is 0. The van der Waals surface area contributed by atoms with E-state index in [1.807, 2.05) is 0 Å². The van der Waals surface area contributed by atoms with Crippen LogP contribution in [0.5, 0.6) is 5.75 Å². The van der Waals surface area contributed by atoms with Gasteiger partial charge in [0.15, 0.2) is 23.2 Å². The van der Waals surface area contributed by atoms with E-state index in [9.17, 15) is 13.6 Å². The van der Waals surface area contributed by atoms with Crippen LogP contribution in [0.2, 0.25) is 0 Å². The molecule has 1 aromatic rings. The Bertz CT molecular complexity index is 352. The molecule has 0 unspecified atom stereocenters. The van der Waals surface area contributed by atoms with Gasteiger partial charge in [0, 0.05) is 0 Å². The molecule has 70 valence electrons. The van der Waals surface area contributed by atoms with Gasteiger partial charge in [-0.15, -0.1) is 11.6 Å². The van der Waals surface area contributed by atoms with Gasteiger partial charge in [-0.1, -0.05) is 0 Å². The lowest BCUT2D eigenvalue weighted by molar-refractivity contribution is 0.101. The molecule has 5 heteroatoms. The van der Waals surface area contributed by atoms with Crippen molar-refractivity contribution in [3.05, 3.63) is 29.3 Å². The fourth-order valence-corrected chi connectivity index (χ4v) is 0.972. The Labute approximate surface area is 77.8 Å². The molecular weight excluding hydrogens is 202 g/mol. The van der Waals surface area contributed by atoms with E-state index < -0.39 is 34.6 Å². The highest BCUT2D eigenvalue weighted by Gasteiger charge is 2.16.